The third kappa shape index (κ3) is 2.58. The first-order chi connectivity index (χ1) is 7.25. The van der Waals surface area contributed by atoms with Gasteiger partial charge >= 0.3 is 6.01 Å². The van der Waals surface area contributed by atoms with Crippen LogP contribution in [0, 0.1) is 0 Å². The molecule has 0 radical (unpaired) electrons. The van der Waals surface area contributed by atoms with Crippen molar-refractivity contribution in [3.63, 3.8) is 0 Å². The zero-order chi connectivity index (χ0) is 10.7. The van der Waals surface area contributed by atoms with Gasteiger partial charge in [-0.15, -0.1) is 0 Å². The molecule has 0 unspecified atom stereocenters. The van der Waals surface area contributed by atoms with E-state index in [9.17, 15) is 0 Å². The van der Waals surface area contributed by atoms with Crippen molar-refractivity contribution in [2.75, 3.05) is 0 Å². The Morgan fingerprint density at radius 2 is 1.67 bits per heavy atom. The van der Waals surface area contributed by atoms with Gasteiger partial charge in [0.05, 0.1) is 22.4 Å². The highest BCUT2D eigenvalue weighted by Gasteiger charge is 2.03. The molecule has 15 heavy (non-hydrogen) atoms. The summed E-state index contributed by atoms with van der Waals surface area (Å²) < 4.78 is 5.35. The first-order valence-electron chi connectivity index (χ1n) is 4.15. The maximum absolute atomic E-state index is 5.90. The van der Waals surface area contributed by atoms with Crippen LogP contribution in [0.4, 0.5) is 0 Å². The SMILES string of the molecule is Clc1cnc(Oc2ccccc2Cl)nc1. The largest absolute Gasteiger partial charge is 0.423 e. The minimum absolute atomic E-state index is 0.215. The molecule has 2 rings (SSSR count). The van der Waals surface area contributed by atoms with Gasteiger partial charge in [0.25, 0.3) is 0 Å². The van der Waals surface area contributed by atoms with Gasteiger partial charge in [-0.25, -0.2) is 9.97 Å². The average molecular weight is 241 g/mol. The maximum atomic E-state index is 5.90. The van der Waals surface area contributed by atoms with Gasteiger partial charge in [0.2, 0.25) is 0 Å². The molecule has 0 fully saturated rings. The average Bonchev–Trinajstić information content (AvgIpc) is 2.25. The van der Waals surface area contributed by atoms with Crippen LogP contribution in [0.15, 0.2) is 36.7 Å². The number of halogens is 2. The Kier molecular flexibility index (Phi) is 3.04. The number of ether oxygens (including phenoxy) is 1. The predicted molar refractivity (Wildman–Crippen MR) is 58.6 cm³/mol. The van der Waals surface area contributed by atoms with Crippen molar-refractivity contribution in [1.29, 1.82) is 0 Å². The van der Waals surface area contributed by atoms with Gasteiger partial charge < -0.3 is 4.74 Å². The Bertz CT molecular complexity index is 459. The van der Waals surface area contributed by atoms with Gasteiger partial charge in [0, 0.05) is 0 Å². The molecule has 0 spiro atoms. The number of rotatable bonds is 2. The minimum Gasteiger partial charge on any atom is -0.423 e. The Morgan fingerprint density at radius 3 is 2.33 bits per heavy atom. The summed E-state index contributed by atoms with van der Waals surface area (Å²) >= 11 is 11.5. The van der Waals surface area contributed by atoms with Crippen molar-refractivity contribution in [1.82, 2.24) is 9.97 Å². The lowest BCUT2D eigenvalue weighted by atomic mass is 10.3. The van der Waals surface area contributed by atoms with Crippen molar-refractivity contribution >= 4 is 23.2 Å². The lowest BCUT2D eigenvalue weighted by Crippen LogP contribution is -1.90. The first kappa shape index (κ1) is 10.2. The van der Waals surface area contributed by atoms with Gasteiger partial charge in [-0.3, -0.25) is 0 Å². The number of para-hydroxylation sites is 1. The van der Waals surface area contributed by atoms with Crippen LogP contribution in [0.1, 0.15) is 0 Å². The van der Waals surface area contributed by atoms with Crippen molar-refractivity contribution in [3.05, 3.63) is 46.7 Å². The fourth-order valence-corrected chi connectivity index (χ4v) is 1.25. The normalized spacial score (nSPS) is 10.0. The molecule has 76 valence electrons. The highest BCUT2D eigenvalue weighted by molar-refractivity contribution is 6.32. The summed E-state index contributed by atoms with van der Waals surface area (Å²) in [5.41, 5.74) is 0. The van der Waals surface area contributed by atoms with Crippen LogP contribution in [-0.4, -0.2) is 9.97 Å². The Labute approximate surface area is 96.6 Å². The summed E-state index contributed by atoms with van der Waals surface area (Å²) in [7, 11) is 0. The summed E-state index contributed by atoms with van der Waals surface area (Å²) in [6.07, 6.45) is 2.92. The molecule has 0 N–H and O–H groups in total. The molecule has 0 atom stereocenters. The van der Waals surface area contributed by atoms with Crippen molar-refractivity contribution in [2.24, 2.45) is 0 Å². The maximum Gasteiger partial charge on any atom is 0.322 e. The zero-order valence-corrected chi connectivity index (χ0v) is 9.03. The van der Waals surface area contributed by atoms with E-state index in [1.165, 1.54) is 12.4 Å². The number of hydrogen-bond donors (Lipinski definition) is 0. The molecule has 3 nitrogen and oxygen atoms in total. The van der Waals surface area contributed by atoms with Crippen molar-refractivity contribution in [2.45, 2.75) is 0 Å². The molecule has 2 aromatic rings. The third-order valence-electron chi connectivity index (χ3n) is 1.63. The van der Waals surface area contributed by atoms with Crippen LogP contribution in [0.5, 0.6) is 11.8 Å². The summed E-state index contributed by atoms with van der Waals surface area (Å²) in [6.45, 7) is 0. The second-order valence-electron chi connectivity index (χ2n) is 2.72. The van der Waals surface area contributed by atoms with E-state index in [0.29, 0.717) is 15.8 Å². The first-order valence-corrected chi connectivity index (χ1v) is 4.91. The molecular formula is C10H6Cl2N2O. The van der Waals surface area contributed by atoms with Gasteiger partial charge in [-0.05, 0) is 12.1 Å². The molecule has 0 amide bonds. The van der Waals surface area contributed by atoms with E-state index < -0.39 is 0 Å². The fraction of sp³-hybridized carbons (Fsp3) is 0. The van der Waals surface area contributed by atoms with E-state index >= 15 is 0 Å². The smallest absolute Gasteiger partial charge is 0.322 e. The predicted octanol–water partition coefficient (Wildman–Crippen LogP) is 3.58. The Balaban J connectivity index is 2.22. The van der Waals surface area contributed by atoms with Gasteiger partial charge in [0.1, 0.15) is 5.75 Å². The van der Waals surface area contributed by atoms with E-state index in [4.69, 9.17) is 27.9 Å². The molecule has 0 saturated carbocycles. The highest BCUT2D eigenvalue weighted by atomic mass is 35.5. The number of nitrogens with zero attached hydrogens (tertiary/aromatic N) is 2. The van der Waals surface area contributed by atoms with Crippen LogP contribution in [0.25, 0.3) is 0 Å². The third-order valence-corrected chi connectivity index (χ3v) is 2.14. The lowest BCUT2D eigenvalue weighted by molar-refractivity contribution is 0.442. The zero-order valence-electron chi connectivity index (χ0n) is 7.52. The molecular weight excluding hydrogens is 235 g/mol. The minimum atomic E-state index is 0.215. The van der Waals surface area contributed by atoms with Crippen molar-refractivity contribution in [3.8, 4) is 11.8 Å². The standard InChI is InChI=1S/C10H6Cl2N2O/c11-7-5-13-10(14-6-7)15-9-4-2-1-3-8(9)12/h1-6H. The van der Waals surface area contributed by atoms with Crippen LogP contribution in [0.2, 0.25) is 10.0 Å². The molecule has 5 heteroatoms. The van der Waals surface area contributed by atoms with E-state index in [1.807, 2.05) is 12.1 Å². The van der Waals surface area contributed by atoms with Crippen LogP contribution >= 0.6 is 23.2 Å². The molecule has 0 aliphatic carbocycles. The summed E-state index contributed by atoms with van der Waals surface area (Å²) in [5, 5.41) is 0.970. The topological polar surface area (TPSA) is 35.0 Å². The van der Waals surface area contributed by atoms with E-state index in [0.717, 1.165) is 0 Å². The summed E-state index contributed by atoms with van der Waals surface area (Å²) in [4.78, 5) is 7.78. The molecule has 0 aliphatic rings. The van der Waals surface area contributed by atoms with E-state index in [2.05, 4.69) is 9.97 Å². The molecule has 0 aliphatic heterocycles. The molecule has 0 bridgehead atoms. The second-order valence-corrected chi connectivity index (χ2v) is 3.56. The van der Waals surface area contributed by atoms with Crippen LogP contribution < -0.4 is 4.74 Å². The van der Waals surface area contributed by atoms with Crippen LogP contribution in [-0.2, 0) is 0 Å². The Morgan fingerprint density at radius 1 is 1.00 bits per heavy atom. The molecule has 1 heterocycles. The van der Waals surface area contributed by atoms with Gasteiger partial charge in [-0.2, -0.15) is 0 Å². The number of benzene rings is 1. The quantitative estimate of drug-likeness (QED) is 0.805. The monoisotopic (exact) mass is 240 g/mol. The lowest BCUT2D eigenvalue weighted by Gasteiger charge is -2.04. The van der Waals surface area contributed by atoms with Gasteiger partial charge in [0.15, 0.2) is 0 Å². The second kappa shape index (κ2) is 4.47. The Hall–Kier alpha value is -1.32. The summed E-state index contributed by atoms with van der Waals surface area (Å²) in [6, 6.07) is 7.31. The van der Waals surface area contributed by atoms with E-state index in [1.54, 1.807) is 12.1 Å². The molecule has 0 saturated heterocycles. The molecule has 1 aromatic carbocycles. The van der Waals surface area contributed by atoms with Gasteiger partial charge in [-0.1, -0.05) is 35.3 Å². The fourth-order valence-electron chi connectivity index (χ4n) is 0.979. The number of hydrogen-bond acceptors (Lipinski definition) is 3. The van der Waals surface area contributed by atoms with Crippen LogP contribution in [0.3, 0.4) is 0 Å². The van der Waals surface area contributed by atoms with Crippen molar-refractivity contribution < 1.29 is 4.74 Å². The highest BCUT2D eigenvalue weighted by Crippen LogP contribution is 2.26. The number of aromatic nitrogens is 2. The van der Waals surface area contributed by atoms with E-state index in [-0.39, 0.29) is 6.01 Å². The molecule has 1 aromatic heterocycles. The summed E-state index contributed by atoms with van der Waals surface area (Å²) in [5.74, 6) is 0.515.